The van der Waals surface area contributed by atoms with E-state index in [1.807, 2.05) is 6.92 Å². The maximum atomic E-state index is 14.2. The second-order valence-corrected chi connectivity index (χ2v) is 13.2. The van der Waals surface area contributed by atoms with Gasteiger partial charge in [-0.25, -0.2) is 12.8 Å². The standard InChI is InChI=1S/C32H36Cl2FN3O5S/c1-3-30(32(40)36-23-8-5-6-9-23)37(20-27-28(33)10-7-11-29(27)34)31(39)21-38(24-14-12-22(35)13-15-24)44(41,42)26-18-16-25(17-19-26)43-4-2/h7,10-19,23,30H,3-6,8-9,20-21H2,1-2H3,(H,36,40)/t30-/m0/s1. The highest BCUT2D eigenvalue weighted by Gasteiger charge is 2.35. The van der Waals surface area contributed by atoms with Gasteiger partial charge in [-0.2, -0.15) is 0 Å². The zero-order valence-electron chi connectivity index (χ0n) is 24.6. The van der Waals surface area contributed by atoms with Gasteiger partial charge in [0, 0.05) is 28.2 Å². The van der Waals surface area contributed by atoms with Gasteiger partial charge in [0.15, 0.2) is 0 Å². The van der Waals surface area contributed by atoms with Gasteiger partial charge in [0.2, 0.25) is 11.8 Å². The predicted molar refractivity (Wildman–Crippen MR) is 170 cm³/mol. The molecule has 8 nitrogen and oxygen atoms in total. The Bertz CT molecular complexity index is 1530. The van der Waals surface area contributed by atoms with E-state index in [0.29, 0.717) is 28.0 Å². The Morgan fingerprint density at radius 1 is 0.977 bits per heavy atom. The van der Waals surface area contributed by atoms with Crippen molar-refractivity contribution in [1.29, 1.82) is 0 Å². The molecule has 2 amide bonds. The zero-order chi connectivity index (χ0) is 31.9. The van der Waals surface area contributed by atoms with Gasteiger partial charge in [-0.1, -0.05) is 49.0 Å². The number of benzene rings is 3. The largest absolute Gasteiger partial charge is 0.494 e. The van der Waals surface area contributed by atoms with Gasteiger partial charge in [0.05, 0.1) is 17.2 Å². The maximum Gasteiger partial charge on any atom is 0.264 e. The van der Waals surface area contributed by atoms with Crippen molar-refractivity contribution in [3.05, 3.63) is 88.2 Å². The average Bonchev–Trinajstić information content (AvgIpc) is 3.51. The second-order valence-electron chi connectivity index (χ2n) is 10.5. The summed E-state index contributed by atoms with van der Waals surface area (Å²) >= 11 is 12.9. The van der Waals surface area contributed by atoms with E-state index in [1.165, 1.54) is 41.3 Å². The first-order valence-electron chi connectivity index (χ1n) is 14.6. The fourth-order valence-corrected chi connectivity index (χ4v) is 7.21. The van der Waals surface area contributed by atoms with Gasteiger partial charge in [-0.3, -0.25) is 13.9 Å². The van der Waals surface area contributed by atoms with Crippen LogP contribution in [0.4, 0.5) is 10.1 Å². The van der Waals surface area contributed by atoms with Gasteiger partial charge >= 0.3 is 0 Å². The van der Waals surface area contributed by atoms with Crippen LogP contribution < -0.4 is 14.4 Å². The Kier molecular flexibility index (Phi) is 11.5. The predicted octanol–water partition coefficient (Wildman–Crippen LogP) is 6.59. The molecule has 1 aliphatic carbocycles. The lowest BCUT2D eigenvalue weighted by atomic mass is 10.1. The van der Waals surface area contributed by atoms with Crippen molar-refractivity contribution >= 4 is 50.7 Å². The highest BCUT2D eigenvalue weighted by Crippen LogP contribution is 2.29. The molecule has 0 bridgehead atoms. The summed E-state index contributed by atoms with van der Waals surface area (Å²) in [4.78, 5) is 29.0. The topological polar surface area (TPSA) is 96.0 Å². The van der Waals surface area contributed by atoms with Crippen LogP contribution in [0.1, 0.15) is 51.5 Å². The summed E-state index contributed by atoms with van der Waals surface area (Å²) in [5.74, 6) is -1.08. The zero-order valence-corrected chi connectivity index (χ0v) is 27.0. The van der Waals surface area contributed by atoms with E-state index >= 15 is 0 Å². The van der Waals surface area contributed by atoms with E-state index in [1.54, 1.807) is 25.1 Å². The van der Waals surface area contributed by atoms with E-state index in [4.69, 9.17) is 27.9 Å². The van der Waals surface area contributed by atoms with E-state index in [9.17, 15) is 22.4 Å². The highest BCUT2D eigenvalue weighted by molar-refractivity contribution is 7.92. The lowest BCUT2D eigenvalue weighted by molar-refractivity contribution is -0.140. The van der Waals surface area contributed by atoms with E-state index < -0.39 is 34.3 Å². The van der Waals surface area contributed by atoms with Crippen molar-refractivity contribution in [3.8, 4) is 5.75 Å². The highest BCUT2D eigenvalue weighted by atomic mass is 35.5. The lowest BCUT2D eigenvalue weighted by Crippen LogP contribution is -2.53. The molecule has 0 heterocycles. The number of amides is 2. The van der Waals surface area contributed by atoms with Gasteiger partial charge in [0.25, 0.3) is 10.0 Å². The Morgan fingerprint density at radius 3 is 2.16 bits per heavy atom. The van der Waals surface area contributed by atoms with Crippen molar-refractivity contribution in [2.45, 2.75) is 69.5 Å². The number of halogens is 3. The minimum absolute atomic E-state index is 0.00755. The molecule has 0 radical (unpaired) electrons. The van der Waals surface area contributed by atoms with Crippen molar-refractivity contribution < 1.29 is 27.1 Å². The number of sulfonamides is 1. The van der Waals surface area contributed by atoms with Crippen LogP contribution >= 0.6 is 23.2 Å². The van der Waals surface area contributed by atoms with Crippen LogP contribution in [0.15, 0.2) is 71.6 Å². The third-order valence-corrected chi connectivity index (χ3v) is 10.1. The molecule has 3 aromatic carbocycles. The molecule has 4 rings (SSSR count). The molecule has 0 unspecified atom stereocenters. The summed E-state index contributed by atoms with van der Waals surface area (Å²) in [7, 11) is -4.33. The summed E-state index contributed by atoms with van der Waals surface area (Å²) in [6.45, 7) is 3.19. The molecular formula is C32H36Cl2FN3O5S. The van der Waals surface area contributed by atoms with Gasteiger partial charge < -0.3 is 15.0 Å². The molecule has 1 fully saturated rings. The van der Waals surface area contributed by atoms with Crippen LogP contribution in [0.3, 0.4) is 0 Å². The monoisotopic (exact) mass is 663 g/mol. The number of carbonyl (C=O) groups is 2. The fourth-order valence-electron chi connectivity index (χ4n) is 5.28. The smallest absolute Gasteiger partial charge is 0.264 e. The second kappa shape index (κ2) is 15.1. The van der Waals surface area contributed by atoms with Crippen molar-refractivity contribution in [1.82, 2.24) is 10.2 Å². The summed E-state index contributed by atoms with van der Waals surface area (Å²) in [6.07, 6.45) is 3.98. The summed E-state index contributed by atoms with van der Waals surface area (Å²) in [6, 6.07) is 14.6. The molecule has 1 aliphatic rings. The van der Waals surface area contributed by atoms with Crippen LogP contribution in [0, 0.1) is 5.82 Å². The SMILES string of the molecule is CCOc1ccc(S(=O)(=O)N(CC(=O)N(Cc2c(Cl)cccc2Cl)[C@@H](CC)C(=O)NC2CCCC2)c2ccc(F)cc2)cc1. The summed E-state index contributed by atoms with van der Waals surface area (Å²) < 4.78 is 48.3. The van der Waals surface area contributed by atoms with Crippen molar-refractivity contribution in [2.24, 2.45) is 0 Å². The molecule has 1 saturated carbocycles. The molecule has 0 aromatic heterocycles. The molecular weight excluding hydrogens is 628 g/mol. The first-order valence-corrected chi connectivity index (χ1v) is 16.8. The number of rotatable bonds is 13. The Labute approximate surface area is 268 Å². The summed E-state index contributed by atoms with van der Waals surface area (Å²) in [5, 5.41) is 3.67. The van der Waals surface area contributed by atoms with Crippen LogP contribution in [0.5, 0.6) is 5.75 Å². The third-order valence-electron chi connectivity index (χ3n) is 7.59. The fraction of sp³-hybridized carbons (Fsp3) is 0.375. The normalized spacial score (nSPS) is 14.2. The number of hydrogen-bond acceptors (Lipinski definition) is 5. The molecule has 3 aromatic rings. The first kappa shape index (κ1) is 33.6. The van der Waals surface area contributed by atoms with Crippen LogP contribution in [-0.4, -0.2) is 50.4 Å². The third kappa shape index (κ3) is 8.02. The Hall–Kier alpha value is -3.34. The number of hydrogen-bond donors (Lipinski definition) is 1. The number of nitrogens with zero attached hydrogens (tertiary/aromatic N) is 2. The number of ether oxygens (including phenoxy) is 1. The first-order chi connectivity index (χ1) is 21.0. The van der Waals surface area contributed by atoms with Gasteiger partial charge in [0.1, 0.15) is 24.2 Å². The average molecular weight is 665 g/mol. The molecule has 0 spiro atoms. The molecule has 12 heteroatoms. The number of anilines is 1. The molecule has 44 heavy (non-hydrogen) atoms. The Balaban J connectivity index is 1.73. The molecule has 1 atom stereocenters. The molecule has 0 aliphatic heterocycles. The van der Waals surface area contributed by atoms with Gasteiger partial charge in [-0.05, 0) is 86.8 Å². The molecule has 0 saturated heterocycles. The van der Waals surface area contributed by atoms with Crippen LogP contribution in [0.25, 0.3) is 0 Å². The minimum Gasteiger partial charge on any atom is -0.494 e. The Morgan fingerprint density at radius 2 is 1.59 bits per heavy atom. The van der Waals surface area contributed by atoms with E-state index in [-0.39, 0.29) is 35.5 Å². The van der Waals surface area contributed by atoms with Gasteiger partial charge in [-0.15, -0.1) is 0 Å². The minimum atomic E-state index is -4.33. The van der Waals surface area contributed by atoms with E-state index in [2.05, 4.69) is 5.32 Å². The maximum absolute atomic E-state index is 14.2. The lowest BCUT2D eigenvalue weighted by Gasteiger charge is -2.34. The number of carbonyl (C=O) groups excluding carboxylic acids is 2. The van der Waals surface area contributed by atoms with E-state index in [0.717, 1.165) is 42.1 Å². The van der Waals surface area contributed by atoms with Crippen molar-refractivity contribution in [2.75, 3.05) is 17.5 Å². The molecule has 1 N–H and O–H groups in total. The van der Waals surface area contributed by atoms with Crippen LogP contribution in [0.2, 0.25) is 10.0 Å². The summed E-state index contributed by atoms with van der Waals surface area (Å²) in [5.41, 5.74) is 0.506. The quantitative estimate of drug-likeness (QED) is 0.223. The molecule has 236 valence electrons. The van der Waals surface area contributed by atoms with Crippen LogP contribution in [-0.2, 0) is 26.2 Å². The van der Waals surface area contributed by atoms with Crippen molar-refractivity contribution in [3.63, 3.8) is 0 Å². The number of nitrogens with one attached hydrogen (secondary N) is 1.